The van der Waals surface area contributed by atoms with Crippen LogP contribution >= 0.6 is 11.6 Å². The van der Waals surface area contributed by atoms with Gasteiger partial charge in [-0.05, 0) is 62.2 Å². The van der Waals surface area contributed by atoms with Gasteiger partial charge in [-0.15, -0.1) is 0 Å². The number of ether oxygens (including phenoxy) is 1. The van der Waals surface area contributed by atoms with Crippen LogP contribution in [0.5, 0.6) is 5.75 Å². The molecule has 11 heteroatoms. The van der Waals surface area contributed by atoms with Crippen molar-refractivity contribution in [2.75, 3.05) is 23.3 Å². The van der Waals surface area contributed by atoms with Crippen LogP contribution in [0, 0.1) is 30.9 Å². The first-order valence-corrected chi connectivity index (χ1v) is 12.2. The molecule has 0 unspecified atom stereocenters. The fourth-order valence-electron chi connectivity index (χ4n) is 3.44. The number of nitro benzene ring substituents is 1. The molecular weight excluding hydrogens is 494 g/mol. The zero-order valence-electron chi connectivity index (χ0n) is 19.5. The van der Waals surface area contributed by atoms with E-state index in [0.717, 1.165) is 21.5 Å². The van der Waals surface area contributed by atoms with Gasteiger partial charge in [-0.25, -0.2) is 8.42 Å². The highest BCUT2D eigenvalue weighted by Gasteiger charge is 2.31. The Morgan fingerprint density at radius 2 is 1.80 bits per heavy atom. The number of anilines is 2. The van der Waals surface area contributed by atoms with E-state index in [1.54, 1.807) is 12.1 Å². The second-order valence-electron chi connectivity index (χ2n) is 7.83. The van der Waals surface area contributed by atoms with Crippen LogP contribution in [-0.2, 0) is 14.8 Å². The monoisotopic (exact) mass is 517 g/mol. The van der Waals surface area contributed by atoms with E-state index in [9.17, 15) is 23.3 Å². The Morgan fingerprint density at radius 3 is 2.46 bits per heavy atom. The van der Waals surface area contributed by atoms with Crippen molar-refractivity contribution in [1.82, 2.24) is 0 Å². The second kappa shape index (κ2) is 10.3. The van der Waals surface area contributed by atoms with Crippen molar-refractivity contribution in [2.24, 2.45) is 0 Å². The smallest absolute Gasteiger partial charge is 0.273 e. The Balaban J connectivity index is 2.11. The van der Waals surface area contributed by atoms with E-state index in [1.807, 2.05) is 19.9 Å². The van der Waals surface area contributed by atoms with E-state index >= 15 is 0 Å². The molecule has 0 saturated heterocycles. The number of hydrogen-bond donors (Lipinski definition) is 1. The summed E-state index contributed by atoms with van der Waals surface area (Å²) in [4.78, 5) is 23.5. The number of carbonyl (C=O) groups is 1. The van der Waals surface area contributed by atoms with Crippen molar-refractivity contribution < 1.29 is 22.9 Å². The largest absolute Gasteiger partial charge is 0.495 e. The normalized spacial score (nSPS) is 11.1. The van der Waals surface area contributed by atoms with Gasteiger partial charge in [-0.1, -0.05) is 29.8 Å². The fraction of sp³-hybridized carbons (Fsp3) is 0.208. The maximum atomic E-state index is 13.7. The Labute approximate surface area is 208 Å². The molecule has 0 aromatic heterocycles. The Hall–Kier alpha value is -3.63. The van der Waals surface area contributed by atoms with Crippen LogP contribution in [0.15, 0.2) is 59.5 Å². The minimum Gasteiger partial charge on any atom is -0.495 e. The zero-order chi connectivity index (χ0) is 25.9. The molecule has 0 saturated carbocycles. The van der Waals surface area contributed by atoms with Gasteiger partial charge in [0.1, 0.15) is 12.3 Å². The van der Waals surface area contributed by atoms with Crippen LogP contribution in [0.2, 0.25) is 5.02 Å². The van der Waals surface area contributed by atoms with Crippen molar-refractivity contribution in [3.63, 3.8) is 0 Å². The van der Waals surface area contributed by atoms with Crippen LogP contribution in [0.3, 0.4) is 0 Å². The third-order valence-electron chi connectivity index (χ3n) is 5.54. The molecule has 3 rings (SSSR count). The summed E-state index contributed by atoms with van der Waals surface area (Å²) in [7, 11) is -3.10. The number of benzene rings is 3. The number of nitrogens with zero attached hydrogens (tertiary/aromatic N) is 2. The fourth-order valence-corrected chi connectivity index (χ4v) is 5.05. The molecule has 0 radical (unpaired) electrons. The number of nitro groups is 1. The van der Waals surface area contributed by atoms with Gasteiger partial charge in [0.2, 0.25) is 5.91 Å². The molecule has 0 aliphatic rings. The Bertz CT molecular complexity index is 1410. The van der Waals surface area contributed by atoms with Gasteiger partial charge in [0.25, 0.3) is 15.7 Å². The maximum Gasteiger partial charge on any atom is 0.273 e. The first-order valence-electron chi connectivity index (χ1n) is 10.4. The maximum absolute atomic E-state index is 13.7. The summed E-state index contributed by atoms with van der Waals surface area (Å²) in [5, 5.41) is 14.4. The lowest BCUT2D eigenvalue weighted by molar-refractivity contribution is -0.385. The molecule has 35 heavy (non-hydrogen) atoms. The molecule has 0 aliphatic carbocycles. The van der Waals surface area contributed by atoms with Crippen LogP contribution in [-0.4, -0.2) is 32.9 Å². The first kappa shape index (κ1) is 26.0. The first-order chi connectivity index (χ1) is 16.4. The van der Waals surface area contributed by atoms with Crippen LogP contribution in [0.4, 0.5) is 17.1 Å². The Morgan fingerprint density at radius 1 is 1.09 bits per heavy atom. The summed E-state index contributed by atoms with van der Waals surface area (Å²) >= 11 is 6.14. The van der Waals surface area contributed by atoms with Gasteiger partial charge < -0.3 is 10.1 Å². The highest BCUT2D eigenvalue weighted by atomic mass is 35.5. The lowest BCUT2D eigenvalue weighted by Crippen LogP contribution is -2.38. The van der Waals surface area contributed by atoms with Crippen molar-refractivity contribution in [2.45, 2.75) is 25.7 Å². The minimum atomic E-state index is -4.45. The highest BCUT2D eigenvalue weighted by Crippen LogP contribution is 2.36. The van der Waals surface area contributed by atoms with Crippen molar-refractivity contribution in [3.05, 3.63) is 86.4 Å². The van der Waals surface area contributed by atoms with Crippen LogP contribution in [0.25, 0.3) is 0 Å². The number of nitrogens with one attached hydrogen (secondary N) is 1. The second-order valence-corrected chi connectivity index (χ2v) is 10.1. The SMILES string of the molecule is COc1ccc(Cl)cc1N(CC(=O)Nc1cccc(C)c1C)S(=O)(=O)c1ccc(C)c([N+](=O)[O-])c1. The molecule has 1 amide bonds. The lowest BCUT2D eigenvalue weighted by atomic mass is 10.1. The number of aryl methyl sites for hydroxylation is 2. The molecule has 3 aromatic carbocycles. The highest BCUT2D eigenvalue weighted by molar-refractivity contribution is 7.92. The molecule has 9 nitrogen and oxygen atoms in total. The predicted octanol–water partition coefficient (Wildman–Crippen LogP) is 5.02. The topological polar surface area (TPSA) is 119 Å². The van der Waals surface area contributed by atoms with E-state index in [4.69, 9.17) is 16.3 Å². The summed E-state index contributed by atoms with van der Waals surface area (Å²) in [5.41, 5.74) is 2.29. The van der Waals surface area contributed by atoms with Crippen LogP contribution in [0.1, 0.15) is 16.7 Å². The molecule has 0 bridgehead atoms. The average molecular weight is 518 g/mol. The number of carbonyl (C=O) groups excluding carboxylic acids is 1. The summed E-state index contributed by atoms with van der Waals surface area (Å²) in [5.74, 6) is -0.468. The summed E-state index contributed by atoms with van der Waals surface area (Å²) < 4.78 is 33.6. The van der Waals surface area contributed by atoms with Gasteiger partial charge in [-0.3, -0.25) is 19.2 Å². The van der Waals surface area contributed by atoms with E-state index < -0.39 is 27.4 Å². The Kier molecular flexibility index (Phi) is 7.67. The van der Waals surface area contributed by atoms with E-state index in [1.165, 1.54) is 44.4 Å². The zero-order valence-corrected chi connectivity index (χ0v) is 21.1. The lowest BCUT2D eigenvalue weighted by Gasteiger charge is -2.26. The van der Waals surface area contributed by atoms with E-state index in [0.29, 0.717) is 11.3 Å². The van der Waals surface area contributed by atoms with Crippen molar-refractivity contribution in [3.8, 4) is 5.75 Å². The van der Waals surface area contributed by atoms with Gasteiger partial charge in [0.05, 0.1) is 22.6 Å². The van der Waals surface area contributed by atoms with Gasteiger partial charge in [0, 0.05) is 22.3 Å². The van der Waals surface area contributed by atoms with E-state index in [2.05, 4.69) is 5.32 Å². The summed E-state index contributed by atoms with van der Waals surface area (Å²) in [6.45, 7) is 4.60. The average Bonchev–Trinajstić information content (AvgIpc) is 2.80. The molecule has 184 valence electrons. The number of hydrogen-bond acceptors (Lipinski definition) is 6. The van der Waals surface area contributed by atoms with E-state index in [-0.39, 0.29) is 27.0 Å². The predicted molar refractivity (Wildman–Crippen MR) is 135 cm³/mol. The third-order valence-corrected chi connectivity index (χ3v) is 7.53. The van der Waals surface area contributed by atoms with Gasteiger partial charge in [0.15, 0.2) is 0 Å². The van der Waals surface area contributed by atoms with Gasteiger partial charge in [-0.2, -0.15) is 0 Å². The molecule has 0 atom stereocenters. The summed E-state index contributed by atoms with van der Waals surface area (Å²) in [6.07, 6.45) is 0. The number of amides is 1. The summed E-state index contributed by atoms with van der Waals surface area (Å²) in [6, 6.07) is 13.3. The van der Waals surface area contributed by atoms with Crippen molar-refractivity contribution in [1.29, 1.82) is 0 Å². The van der Waals surface area contributed by atoms with Crippen LogP contribution < -0.4 is 14.4 Å². The standard InChI is InChI=1S/C24H24ClN3O6S/c1-15-6-5-7-20(17(15)3)26-24(29)14-27(22-12-18(25)9-11-23(22)34-4)35(32,33)19-10-8-16(2)21(13-19)28(30)31/h5-13H,14H2,1-4H3,(H,26,29). The molecular formula is C24H24ClN3O6S. The quantitative estimate of drug-likeness (QED) is 0.331. The molecule has 0 spiro atoms. The number of rotatable bonds is 8. The molecule has 0 heterocycles. The molecule has 0 fully saturated rings. The van der Waals surface area contributed by atoms with Gasteiger partial charge >= 0.3 is 0 Å². The number of methoxy groups -OCH3 is 1. The third kappa shape index (κ3) is 5.55. The number of halogens is 1. The van der Waals surface area contributed by atoms with Crippen molar-refractivity contribution >= 4 is 44.6 Å². The molecule has 0 aliphatic heterocycles. The molecule has 1 N–H and O–H groups in total. The minimum absolute atomic E-state index is 0.0133. The molecule has 3 aromatic rings. The number of sulfonamides is 1.